The zero-order valence-corrected chi connectivity index (χ0v) is 20.6. The summed E-state index contributed by atoms with van der Waals surface area (Å²) in [6.45, 7) is 3.76. The second-order valence-corrected chi connectivity index (χ2v) is 9.24. The van der Waals surface area contributed by atoms with Crippen molar-refractivity contribution in [2.45, 2.75) is 44.3 Å². The van der Waals surface area contributed by atoms with Gasteiger partial charge in [-0.3, -0.25) is 14.9 Å². The molecule has 0 unspecified atom stereocenters. The molecule has 188 valence electrons. The largest absolute Gasteiger partial charge is 0.480 e. The summed E-state index contributed by atoms with van der Waals surface area (Å²) < 4.78 is 0. The third kappa shape index (κ3) is 6.37. The SMILES string of the molecule is CC(C)C[C@H](NC(=O)[C@H](CC(N)=O)NC(c1ccccc1)(c1ccccc1)c1ccccc1)C(=O)O. The number of carboxylic acids is 1. The molecule has 3 rings (SSSR count). The van der Waals surface area contributed by atoms with Crippen LogP contribution in [0.4, 0.5) is 0 Å². The molecule has 0 aromatic heterocycles. The van der Waals surface area contributed by atoms with Gasteiger partial charge in [0.25, 0.3) is 0 Å². The Labute approximate surface area is 211 Å². The molecule has 0 heterocycles. The van der Waals surface area contributed by atoms with Crippen LogP contribution >= 0.6 is 0 Å². The summed E-state index contributed by atoms with van der Waals surface area (Å²) in [5.41, 5.74) is 7.08. The molecule has 0 fully saturated rings. The zero-order valence-electron chi connectivity index (χ0n) is 20.6. The summed E-state index contributed by atoms with van der Waals surface area (Å²) in [7, 11) is 0. The number of aliphatic carboxylic acids is 1. The molecule has 3 aromatic rings. The number of primary amides is 1. The molecule has 0 radical (unpaired) electrons. The molecule has 2 amide bonds. The van der Waals surface area contributed by atoms with Crippen LogP contribution in [0.15, 0.2) is 91.0 Å². The van der Waals surface area contributed by atoms with Crippen molar-refractivity contribution in [2.24, 2.45) is 11.7 Å². The van der Waals surface area contributed by atoms with Crippen molar-refractivity contribution in [3.8, 4) is 0 Å². The first-order chi connectivity index (χ1) is 17.2. The molecule has 5 N–H and O–H groups in total. The Hall–Kier alpha value is -3.97. The maximum atomic E-state index is 13.5. The number of hydrogen-bond donors (Lipinski definition) is 4. The van der Waals surface area contributed by atoms with E-state index < -0.39 is 35.4 Å². The predicted octanol–water partition coefficient (Wildman–Crippen LogP) is 3.43. The number of nitrogens with two attached hydrogens (primary N) is 1. The van der Waals surface area contributed by atoms with E-state index in [4.69, 9.17) is 5.73 Å². The van der Waals surface area contributed by atoms with Gasteiger partial charge in [0.1, 0.15) is 6.04 Å². The van der Waals surface area contributed by atoms with E-state index in [0.29, 0.717) is 0 Å². The highest BCUT2D eigenvalue weighted by atomic mass is 16.4. The van der Waals surface area contributed by atoms with Gasteiger partial charge in [0.2, 0.25) is 11.8 Å². The standard InChI is InChI=1S/C29H33N3O4/c1-20(2)18-25(28(35)36)31-27(34)24(19-26(30)33)32-29(21-12-6-3-7-13-21,22-14-8-4-9-15-22)23-16-10-5-11-17-23/h3-17,20,24-25,32H,18-19H2,1-2H3,(H2,30,33)(H,31,34)(H,35,36)/t24-,25-/m0/s1. The van der Waals surface area contributed by atoms with Crippen LogP contribution in [0.3, 0.4) is 0 Å². The first-order valence-electron chi connectivity index (χ1n) is 12.0. The molecule has 3 aromatic carbocycles. The highest BCUT2D eigenvalue weighted by Gasteiger charge is 2.40. The zero-order chi connectivity index (χ0) is 26.1. The fourth-order valence-electron chi connectivity index (χ4n) is 4.45. The molecule has 0 aliphatic rings. The van der Waals surface area contributed by atoms with E-state index in [1.54, 1.807) is 0 Å². The van der Waals surface area contributed by atoms with Gasteiger partial charge in [-0.2, -0.15) is 0 Å². The van der Waals surface area contributed by atoms with E-state index in [0.717, 1.165) is 16.7 Å². The average molecular weight is 488 g/mol. The summed E-state index contributed by atoms with van der Waals surface area (Å²) in [4.78, 5) is 37.4. The van der Waals surface area contributed by atoms with Crippen molar-refractivity contribution in [3.05, 3.63) is 108 Å². The summed E-state index contributed by atoms with van der Waals surface area (Å²) >= 11 is 0. The van der Waals surface area contributed by atoms with E-state index in [2.05, 4.69) is 10.6 Å². The lowest BCUT2D eigenvalue weighted by molar-refractivity contribution is -0.142. The van der Waals surface area contributed by atoms with Gasteiger partial charge in [-0.15, -0.1) is 0 Å². The number of hydrogen-bond acceptors (Lipinski definition) is 4. The first-order valence-corrected chi connectivity index (χ1v) is 12.0. The molecule has 36 heavy (non-hydrogen) atoms. The van der Waals surface area contributed by atoms with Crippen molar-refractivity contribution in [1.29, 1.82) is 0 Å². The maximum Gasteiger partial charge on any atom is 0.326 e. The van der Waals surface area contributed by atoms with Crippen LogP contribution in [0.1, 0.15) is 43.4 Å². The molecule has 0 bridgehead atoms. The van der Waals surface area contributed by atoms with Crippen molar-refractivity contribution in [2.75, 3.05) is 0 Å². The number of carbonyl (C=O) groups is 3. The second-order valence-electron chi connectivity index (χ2n) is 9.24. The Balaban J connectivity index is 2.15. The summed E-state index contributed by atoms with van der Waals surface area (Å²) in [5, 5.41) is 15.7. The van der Waals surface area contributed by atoms with Gasteiger partial charge >= 0.3 is 5.97 Å². The van der Waals surface area contributed by atoms with Crippen LogP contribution in [-0.2, 0) is 19.9 Å². The molecular weight excluding hydrogens is 454 g/mol. The van der Waals surface area contributed by atoms with Gasteiger partial charge in [0.05, 0.1) is 18.0 Å². The van der Waals surface area contributed by atoms with E-state index in [1.807, 2.05) is 105 Å². The molecular formula is C29H33N3O4. The summed E-state index contributed by atoms with van der Waals surface area (Å²) in [6, 6.07) is 26.7. The molecule has 0 aliphatic heterocycles. The molecule has 0 aliphatic carbocycles. The normalized spacial score (nSPS) is 13.1. The highest BCUT2D eigenvalue weighted by Crippen LogP contribution is 2.37. The minimum atomic E-state index is -1.13. The van der Waals surface area contributed by atoms with Gasteiger partial charge in [-0.1, -0.05) is 105 Å². The number of carbonyl (C=O) groups excluding carboxylic acids is 2. The van der Waals surface area contributed by atoms with E-state index in [1.165, 1.54) is 0 Å². The lowest BCUT2D eigenvalue weighted by Gasteiger charge is -2.40. The average Bonchev–Trinajstić information content (AvgIpc) is 2.87. The molecule has 7 heteroatoms. The Morgan fingerprint density at radius 3 is 1.53 bits per heavy atom. The monoisotopic (exact) mass is 487 g/mol. The third-order valence-electron chi connectivity index (χ3n) is 6.05. The Morgan fingerprint density at radius 1 is 0.778 bits per heavy atom. The molecule has 2 atom stereocenters. The van der Waals surface area contributed by atoms with Crippen LogP contribution in [0, 0.1) is 5.92 Å². The molecule has 0 saturated carbocycles. The Bertz CT molecular complexity index is 1050. The molecule has 0 spiro atoms. The van der Waals surface area contributed by atoms with Crippen molar-refractivity contribution >= 4 is 17.8 Å². The van der Waals surface area contributed by atoms with Gasteiger partial charge in [0, 0.05) is 0 Å². The maximum absolute atomic E-state index is 13.5. The molecule has 0 saturated heterocycles. The molecule has 7 nitrogen and oxygen atoms in total. The van der Waals surface area contributed by atoms with Crippen LogP contribution in [0.25, 0.3) is 0 Å². The van der Waals surface area contributed by atoms with Crippen molar-refractivity contribution < 1.29 is 19.5 Å². The minimum Gasteiger partial charge on any atom is -0.480 e. The number of carboxylic acid groups (broad SMARTS) is 1. The van der Waals surface area contributed by atoms with E-state index >= 15 is 0 Å². The summed E-state index contributed by atoms with van der Waals surface area (Å²) in [6.07, 6.45) is -0.0559. The number of benzene rings is 3. The van der Waals surface area contributed by atoms with Crippen molar-refractivity contribution in [3.63, 3.8) is 0 Å². The van der Waals surface area contributed by atoms with Crippen LogP contribution in [-0.4, -0.2) is 35.0 Å². The fraction of sp³-hybridized carbons (Fsp3) is 0.276. The predicted molar refractivity (Wildman–Crippen MR) is 139 cm³/mol. The summed E-state index contributed by atoms with van der Waals surface area (Å²) in [5.74, 6) is -2.36. The third-order valence-corrected chi connectivity index (χ3v) is 6.05. The smallest absolute Gasteiger partial charge is 0.326 e. The Morgan fingerprint density at radius 2 is 1.19 bits per heavy atom. The van der Waals surface area contributed by atoms with E-state index in [-0.39, 0.29) is 18.8 Å². The van der Waals surface area contributed by atoms with Gasteiger partial charge in [0.15, 0.2) is 0 Å². The highest BCUT2D eigenvalue weighted by molar-refractivity contribution is 5.90. The lowest BCUT2D eigenvalue weighted by atomic mass is 9.76. The van der Waals surface area contributed by atoms with Gasteiger partial charge < -0.3 is 16.2 Å². The first kappa shape index (κ1) is 26.6. The minimum absolute atomic E-state index is 0.0472. The number of nitrogens with one attached hydrogen (secondary N) is 2. The van der Waals surface area contributed by atoms with Crippen molar-refractivity contribution in [1.82, 2.24) is 10.6 Å². The topological polar surface area (TPSA) is 122 Å². The van der Waals surface area contributed by atoms with Crippen LogP contribution < -0.4 is 16.4 Å². The number of rotatable bonds is 12. The van der Waals surface area contributed by atoms with Crippen LogP contribution in [0.2, 0.25) is 0 Å². The van der Waals surface area contributed by atoms with Crippen LogP contribution in [0.5, 0.6) is 0 Å². The fourth-order valence-corrected chi connectivity index (χ4v) is 4.45. The quantitative estimate of drug-likeness (QED) is 0.292. The Kier molecular flexibility index (Phi) is 8.97. The van der Waals surface area contributed by atoms with E-state index in [9.17, 15) is 19.5 Å². The van der Waals surface area contributed by atoms with Gasteiger partial charge in [-0.25, -0.2) is 4.79 Å². The lowest BCUT2D eigenvalue weighted by Crippen LogP contribution is -2.58. The van der Waals surface area contributed by atoms with Gasteiger partial charge in [-0.05, 0) is 29.0 Å². The number of amides is 2. The second kappa shape index (κ2) is 12.1.